The summed E-state index contributed by atoms with van der Waals surface area (Å²) < 4.78 is 6.70. The molecule has 0 saturated heterocycles. The number of para-hydroxylation sites is 2. The van der Waals surface area contributed by atoms with Crippen LogP contribution in [0.3, 0.4) is 0 Å². The predicted octanol–water partition coefficient (Wildman–Crippen LogP) is 14.8. The van der Waals surface area contributed by atoms with Gasteiger partial charge in [0.1, 0.15) is 11.5 Å². The molecule has 0 amide bonds. The van der Waals surface area contributed by atoms with Gasteiger partial charge in [0, 0.05) is 27.5 Å². The molecule has 0 fully saturated rings. The molecular weight excluding hydrogens is 691 g/mol. The summed E-state index contributed by atoms with van der Waals surface area (Å²) in [5, 5.41) is 7.28. The van der Waals surface area contributed by atoms with E-state index >= 15 is 0 Å². The maximum atomic E-state index is 6.70. The van der Waals surface area contributed by atoms with Gasteiger partial charge in [0.25, 0.3) is 0 Å². The smallest absolute Gasteiger partial charge is 0.132 e. The first-order valence-electron chi connectivity index (χ1n) is 19.7. The van der Waals surface area contributed by atoms with Crippen molar-refractivity contribution in [3.8, 4) is 33.8 Å². The summed E-state index contributed by atoms with van der Waals surface area (Å²) in [6, 6.07) is 77.6. The number of fused-ring (bicyclic) bond motifs is 10. The van der Waals surface area contributed by atoms with Gasteiger partial charge in [-0.25, -0.2) is 0 Å². The lowest BCUT2D eigenvalue weighted by Gasteiger charge is -2.45. The van der Waals surface area contributed by atoms with E-state index in [9.17, 15) is 0 Å². The third kappa shape index (κ3) is 4.47. The summed E-state index contributed by atoms with van der Waals surface area (Å²) in [6.45, 7) is 0. The van der Waals surface area contributed by atoms with Crippen molar-refractivity contribution in [2.75, 3.05) is 4.90 Å². The van der Waals surface area contributed by atoms with Gasteiger partial charge >= 0.3 is 0 Å². The summed E-state index contributed by atoms with van der Waals surface area (Å²) in [6.07, 6.45) is 0. The van der Waals surface area contributed by atoms with Gasteiger partial charge in [0.15, 0.2) is 0 Å². The minimum Gasteiger partial charge on any atom is -0.457 e. The van der Waals surface area contributed by atoms with Crippen LogP contribution >= 0.6 is 0 Å². The number of anilines is 3. The Kier molecular flexibility index (Phi) is 6.88. The van der Waals surface area contributed by atoms with Gasteiger partial charge in [-0.1, -0.05) is 182 Å². The zero-order valence-electron chi connectivity index (χ0n) is 31.1. The average Bonchev–Trinajstić information content (AvgIpc) is 3.28. The maximum absolute atomic E-state index is 6.70. The van der Waals surface area contributed by atoms with E-state index in [1.165, 1.54) is 65.7 Å². The van der Waals surface area contributed by atoms with Crippen molar-refractivity contribution in [1.82, 2.24) is 0 Å². The predicted molar refractivity (Wildman–Crippen MR) is 236 cm³/mol. The maximum Gasteiger partial charge on any atom is 0.132 e. The van der Waals surface area contributed by atoms with Crippen molar-refractivity contribution >= 4 is 49.4 Å². The molecule has 2 aliphatic rings. The van der Waals surface area contributed by atoms with Crippen LogP contribution < -0.4 is 9.64 Å². The number of nitrogens with zero attached hydrogens (tertiary/aromatic N) is 1. The zero-order chi connectivity index (χ0) is 37.5. The molecule has 0 radical (unpaired) electrons. The van der Waals surface area contributed by atoms with Gasteiger partial charge in [0.05, 0.1) is 22.5 Å². The second kappa shape index (κ2) is 12.3. The van der Waals surface area contributed by atoms with Crippen LogP contribution in [0.4, 0.5) is 17.1 Å². The molecule has 2 heteroatoms. The van der Waals surface area contributed by atoms with Gasteiger partial charge < -0.3 is 9.64 Å². The molecule has 57 heavy (non-hydrogen) atoms. The number of benzene rings is 10. The lowest BCUT2D eigenvalue weighted by Crippen LogP contribution is -2.36. The summed E-state index contributed by atoms with van der Waals surface area (Å²) in [5.41, 5.74) is 12.5. The second-order valence-electron chi connectivity index (χ2n) is 15.1. The molecule has 0 atom stereocenters. The van der Waals surface area contributed by atoms with Crippen LogP contribution in [0.2, 0.25) is 0 Å². The Bertz CT molecular complexity index is 3180. The highest BCUT2D eigenvalue weighted by atomic mass is 16.5. The molecule has 1 aliphatic heterocycles. The van der Waals surface area contributed by atoms with E-state index in [0.717, 1.165) is 39.7 Å². The fourth-order valence-electron chi connectivity index (χ4n) is 10.0. The third-order valence-electron chi connectivity index (χ3n) is 12.3. The second-order valence-corrected chi connectivity index (χ2v) is 15.1. The normalized spacial score (nSPS) is 13.2. The first-order valence-corrected chi connectivity index (χ1v) is 19.7. The number of hydrogen-bond donors (Lipinski definition) is 0. The number of rotatable bonds is 4. The van der Waals surface area contributed by atoms with Crippen LogP contribution in [0.1, 0.15) is 22.3 Å². The molecule has 0 unspecified atom stereocenters. The SMILES string of the molecule is c1ccc(-c2c(N(c3cccc4ccccc34)c3ccc4c5c(cccc35)C3(c5ccccc5Oc5ccccc53)c3ccccc3-4)ccc3ccccc23)cc1. The Labute approximate surface area is 331 Å². The molecule has 10 aromatic rings. The molecule has 10 aromatic carbocycles. The minimum absolute atomic E-state index is 0.602. The Balaban J connectivity index is 1.24. The van der Waals surface area contributed by atoms with Gasteiger partial charge in [-0.3, -0.25) is 0 Å². The molecule has 2 nitrogen and oxygen atoms in total. The monoisotopic (exact) mass is 725 g/mol. The van der Waals surface area contributed by atoms with Crippen molar-refractivity contribution in [3.05, 3.63) is 235 Å². The molecular formula is C55H35NO. The van der Waals surface area contributed by atoms with Crippen molar-refractivity contribution in [3.63, 3.8) is 0 Å². The fourth-order valence-corrected chi connectivity index (χ4v) is 10.0. The summed E-state index contributed by atoms with van der Waals surface area (Å²) in [4.78, 5) is 2.53. The zero-order valence-corrected chi connectivity index (χ0v) is 31.1. The van der Waals surface area contributed by atoms with Gasteiger partial charge in [-0.2, -0.15) is 0 Å². The Morgan fingerprint density at radius 1 is 0.333 bits per heavy atom. The fraction of sp³-hybridized carbons (Fsp3) is 0.0182. The first-order chi connectivity index (χ1) is 28.3. The molecule has 1 aliphatic carbocycles. The Morgan fingerprint density at radius 3 is 1.67 bits per heavy atom. The first kappa shape index (κ1) is 31.9. The lowest BCUT2D eigenvalue weighted by atomic mass is 9.58. The van der Waals surface area contributed by atoms with Gasteiger partial charge in [0.2, 0.25) is 0 Å². The largest absolute Gasteiger partial charge is 0.457 e. The number of hydrogen-bond acceptors (Lipinski definition) is 2. The molecule has 0 bridgehead atoms. The van der Waals surface area contributed by atoms with E-state index in [1.807, 2.05) is 0 Å². The molecule has 0 N–H and O–H groups in total. The van der Waals surface area contributed by atoms with Crippen LogP contribution in [0.25, 0.3) is 54.6 Å². The Morgan fingerprint density at radius 2 is 0.877 bits per heavy atom. The van der Waals surface area contributed by atoms with E-state index in [0.29, 0.717) is 0 Å². The van der Waals surface area contributed by atoms with E-state index in [-0.39, 0.29) is 0 Å². The molecule has 1 heterocycles. The standard InChI is InChI=1S/C55H35NO/c1-2-18-38(19-3-1)53-40-22-7-5-17-37(40)32-34-50(53)56(48-29-14-20-36-16-4-6-21-39(36)48)49-35-33-42-41-23-8-9-25-44(41)55(47-28-15-24-43(49)54(42)47)45-26-10-12-30-51(45)57-52-31-13-11-27-46(52)55/h1-35H. The molecule has 0 saturated carbocycles. The minimum atomic E-state index is -0.602. The van der Waals surface area contributed by atoms with Crippen LogP contribution in [0.15, 0.2) is 212 Å². The van der Waals surface area contributed by atoms with E-state index in [4.69, 9.17) is 4.74 Å². The van der Waals surface area contributed by atoms with E-state index in [2.05, 4.69) is 217 Å². The van der Waals surface area contributed by atoms with E-state index < -0.39 is 5.41 Å². The quantitative estimate of drug-likeness (QED) is 0.179. The van der Waals surface area contributed by atoms with Crippen LogP contribution in [-0.4, -0.2) is 0 Å². The molecule has 0 aromatic heterocycles. The lowest BCUT2D eigenvalue weighted by molar-refractivity contribution is 0.435. The summed E-state index contributed by atoms with van der Waals surface area (Å²) >= 11 is 0. The summed E-state index contributed by atoms with van der Waals surface area (Å²) in [5.74, 6) is 1.78. The highest BCUT2D eigenvalue weighted by Gasteiger charge is 2.49. The van der Waals surface area contributed by atoms with Gasteiger partial charge in [-0.15, -0.1) is 0 Å². The van der Waals surface area contributed by atoms with Crippen molar-refractivity contribution in [2.24, 2.45) is 0 Å². The Hall–Kier alpha value is -7.42. The summed E-state index contributed by atoms with van der Waals surface area (Å²) in [7, 11) is 0. The van der Waals surface area contributed by atoms with Crippen LogP contribution in [0.5, 0.6) is 11.5 Å². The number of ether oxygens (including phenoxy) is 1. The van der Waals surface area contributed by atoms with E-state index in [1.54, 1.807) is 0 Å². The highest BCUT2D eigenvalue weighted by molar-refractivity contribution is 6.15. The highest BCUT2D eigenvalue weighted by Crippen LogP contribution is 2.62. The van der Waals surface area contributed by atoms with Gasteiger partial charge in [-0.05, 0) is 79.7 Å². The van der Waals surface area contributed by atoms with Crippen LogP contribution in [-0.2, 0) is 5.41 Å². The van der Waals surface area contributed by atoms with Crippen molar-refractivity contribution in [1.29, 1.82) is 0 Å². The van der Waals surface area contributed by atoms with Crippen molar-refractivity contribution < 1.29 is 4.74 Å². The topological polar surface area (TPSA) is 12.5 Å². The van der Waals surface area contributed by atoms with Crippen LogP contribution in [0, 0.1) is 0 Å². The van der Waals surface area contributed by atoms with Crippen molar-refractivity contribution in [2.45, 2.75) is 5.41 Å². The molecule has 266 valence electrons. The third-order valence-corrected chi connectivity index (χ3v) is 12.3. The molecule has 12 rings (SSSR count). The molecule has 1 spiro atoms. The average molecular weight is 726 g/mol.